The maximum atomic E-state index is 12.1. The average Bonchev–Trinajstić information content (AvgIpc) is 2.64. The van der Waals surface area contributed by atoms with Gasteiger partial charge in [-0.25, -0.2) is 0 Å². The number of nitro benzene ring substituents is 1. The van der Waals surface area contributed by atoms with Gasteiger partial charge in [-0.15, -0.1) is 0 Å². The first kappa shape index (κ1) is 18.9. The van der Waals surface area contributed by atoms with Crippen LogP contribution < -0.4 is 15.6 Å². The largest absolute Gasteiger partial charge is 0.493 e. The highest BCUT2D eigenvalue weighted by atomic mass is 16.6. The molecule has 0 atom stereocenters. The lowest BCUT2D eigenvalue weighted by atomic mass is 10.2. The zero-order chi connectivity index (χ0) is 19.1. The number of nitrogens with one attached hydrogen (secondary N) is 2. The van der Waals surface area contributed by atoms with Crippen molar-refractivity contribution in [3.8, 4) is 5.75 Å². The quantitative estimate of drug-likeness (QED) is 0.610. The van der Waals surface area contributed by atoms with Crippen molar-refractivity contribution in [1.29, 1.82) is 0 Å². The van der Waals surface area contributed by atoms with Crippen molar-refractivity contribution in [3.05, 3.63) is 69.8 Å². The van der Waals surface area contributed by atoms with Gasteiger partial charge < -0.3 is 4.74 Å². The molecule has 2 rings (SSSR count). The molecule has 8 heteroatoms. The van der Waals surface area contributed by atoms with Crippen molar-refractivity contribution in [2.24, 2.45) is 5.92 Å². The Balaban J connectivity index is 1.96. The summed E-state index contributed by atoms with van der Waals surface area (Å²) < 4.78 is 5.53. The topological polar surface area (TPSA) is 111 Å². The Morgan fingerprint density at radius 1 is 1.04 bits per heavy atom. The second-order valence-electron chi connectivity index (χ2n) is 5.91. The summed E-state index contributed by atoms with van der Waals surface area (Å²) in [5, 5.41) is 10.9. The third-order valence-corrected chi connectivity index (χ3v) is 3.33. The fourth-order valence-corrected chi connectivity index (χ4v) is 2.04. The minimum Gasteiger partial charge on any atom is -0.493 e. The lowest BCUT2D eigenvalue weighted by Crippen LogP contribution is -2.41. The predicted molar refractivity (Wildman–Crippen MR) is 94.8 cm³/mol. The van der Waals surface area contributed by atoms with E-state index in [1.165, 1.54) is 24.3 Å². The minimum atomic E-state index is -0.775. The summed E-state index contributed by atoms with van der Waals surface area (Å²) in [7, 11) is 0. The lowest BCUT2D eigenvalue weighted by Gasteiger charge is -2.10. The highest BCUT2D eigenvalue weighted by molar-refractivity contribution is 6.01. The number of ether oxygens (including phenoxy) is 1. The van der Waals surface area contributed by atoms with E-state index in [-0.39, 0.29) is 11.3 Å². The molecule has 0 saturated carbocycles. The van der Waals surface area contributed by atoms with E-state index in [9.17, 15) is 19.7 Å². The Kier molecular flexibility index (Phi) is 6.26. The van der Waals surface area contributed by atoms with E-state index in [2.05, 4.69) is 10.9 Å². The van der Waals surface area contributed by atoms with Crippen LogP contribution in [0, 0.1) is 16.0 Å². The molecule has 0 aromatic heterocycles. The molecule has 0 saturated heterocycles. The van der Waals surface area contributed by atoms with Crippen molar-refractivity contribution >= 4 is 17.5 Å². The first-order chi connectivity index (χ1) is 12.4. The average molecular weight is 357 g/mol. The maximum Gasteiger partial charge on any atom is 0.282 e. The van der Waals surface area contributed by atoms with Crippen molar-refractivity contribution in [2.75, 3.05) is 6.61 Å². The maximum absolute atomic E-state index is 12.1. The highest BCUT2D eigenvalue weighted by Crippen LogP contribution is 2.17. The third-order valence-electron chi connectivity index (χ3n) is 3.33. The molecule has 0 spiro atoms. The molecule has 2 aromatic carbocycles. The van der Waals surface area contributed by atoms with E-state index >= 15 is 0 Å². The molecule has 0 aliphatic heterocycles. The van der Waals surface area contributed by atoms with Gasteiger partial charge in [0.05, 0.1) is 11.5 Å². The Bertz CT molecular complexity index is 803. The first-order valence-corrected chi connectivity index (χ1v) is 7.95. The third kappa shape index (κ3) is 5.04. The Labute approximate surface area is 150 Å². The van der Waals surface area contributed by atoms with Crippen LogP contribution in [0.25, 0.3) is 0 Å². The molecular weight excluding hydrogens is 338 g/mol. The second-order valence-corrected chi connectivity index (χ2v) is 5.91. The van der Waals surface area contributed by atoms with Gasteiger partial charge in [0.1, 0.15) is 11.3 Å². The van der Waals surface area contributed by atoms with Crippen molar-refractivity contribution in [1.82, 2.24) is 10.9 Å². The number of hydrogen-bond donors (Lipinski definition) is 2. The molecule has 0 unspecified atom stereocenters. The van der Waals surface area contributed by atoms with Crippen LogP contribution in [0.3, 0.4) is 0 Å². The highest BCUT2D eigenvalue weighted by Gasteiger charge is 2.19. The Morgan fingerprint density at radius 2 is 1.65 bits per heavy atom. The second kappa shape index (κ2) is 8.61. The Hall–Kier alpha value is -3.42. The standard InChI is InChI=1S/C18H19N3O5/c1-12(2)11-26-14-9-7-13(8-10-14)17(22)19-20-18(23)15-5-3-4-6-16(15)21(24)25/h3-10,12H,11H2,1-2H3,(H,19,22)(H,20,23). The van der Waals surface area contributed by atoms with Crippen LogP contribution in [0.15, 0.2) is 48.5 Å². The van der Waals surface area contributed by atoms with E-state index in [4.69, 9.17) is 4.74 Å². The first-order valence-electron chi connectivity index (χ1n) is 7.95. The fourth-order valence-electron chi connectivity index (χ4n) is 2.04. The molecule has 2 aromatic rings. The van der Waals surface area contributed by atoms with Crippen molar-refractivity contribution in [2.45, 2.75) is 13.8 Å². The number of rotatable bonds is 6. The van der Waals surface area contributed by atoms with Crippen LogP contribution in [0.5, 0.6) is 5.75 Å². The summed E-state index contributed by atoms with van der Waals surface area (Å²) in [5.41, 5.74) is 4.23. The number of nitro groups is 1. The number of carbonyl (C=O) groups is 2. The predicted octanol–water partition coefficient (Wildman–Crippen LogP) is 2.70. The van der Waals surface area contributed by atoms with Crippen molar-refractivity contribution < 1.29 is 19.2 Å². The van der Waals surface area contributed by atoms with E-state index in [1.54, 1.807) is 24.3 Å². The molecule has 0 fully saturated rings. The molecule has 8 nitrogen and oxygen atoms in total. The van der Waals surface area contributed by atoms with Gasteiger partial charge in [0.15, 0.2) is 0 Å². The van der Waals surface area contributed by atoms with E-state index < -0.39 is 16.7 Å². The lowest BCUT2D eigenvalue weighted by molar-refractivity contribution is -0.385. The molecule has 2 amide bonds. The van der Waals surface area contributed by atoms with E-state index in [0.717, 1.165) is 0 Å². The monoisotopic (exact) mass is 357 g/mol. The number of nitrogens with zero attached hydrogens (tertiary/aromatic N) is 1. The minimum absolute atomic E-state index is 0.143. The van der Waals surface area contributed by atoms with Crippen LogP contribution in [0.1, 0.15) is 34.6 Å². The molecule has 136 valence electrons. The number of hydrazine groups is 1. The smallest absolute Gasteiger partial charge is 0.282 e. The van der Waals surface area contributed by atoms with Crippen LogP contribution in [-0.4, -0.2) is 23.3 Å². The van der Waals surface area contributed by atoms with Crippen LogP contribution in [0.4, 0.5) is 5.69 Å². The normalized spacial score (nSPS) is 10.3. The summed E-state index contributed by atoms with van der Waals surface area (Å²) in [6.45, 7) is 4.63. The van der Waals surface area contributed by atoms with Gasteiger partial charge in [-0.05, 0) is 36.2 Å². The summed E-state index contributed by atoms with van der Waals surface area (Å²) >= 11 is 0. The molecule has 0 aliphatic rings. The van der Waals surface area contributed by atoms with Gasteiger partial charge >= 0.3 is 0 Å². The van der Waals surface area contributed by atoms with Gasteiger partial charge in [-0.2, -0.15) is 0 Å². The van der Waals surface area contributed by atoms with Gasteiger partial charge in [-0.1, -0.05) is 26.0 Å². The number of benzene rings is 2. The molecule has 2 N–H and O–H groups in total. The number of hydrogen-bond acceptors (Lipinski definition) is 5. The number of para-hydroxylation sites is 1. The zero-order valence-corrected chi connectivity index (χ0v) is 14.4. The van der Waals surface area contributed by atoms with Crippen molar-refractivity contribution in [3.63, 3.8) is 0 Å². The number of amides is 2. The number of carbonyl (C=O) groups excluding carboxylic acids is 2. The van der Waals surface area contributed by atoms with Gasteiger partial charge in [0.25, 0.3) is 17.5 Å². The summed E-state index contributed by atoms with van der Waals surface area (Å²) in [4.78, 5) is 34.4. The van der Waals surface area contributed by atoms with Gasteiger partial charge in [0.2, 0.25) is 0 Å². The SMILES string of the molecule is CC(C)COc1ccc(C(=O)NNC(=O)c2ccccc2[N+](=O)[O-])cc1. The molecular formula is C18H19N3O5. The van der Waals surface area contributed by atoms with Crippen LogP contribution >= 0.6 is 0 Å². The molecule has 0 aliphatic carbocycles. The zero-order valence-electron chi connectivity index (χ0n) is 14.4. The van der Waals surface area contributed by atoms with Gasteiger partial charge in [-0.3, -0.25) is 30.6 Å². The van der Waals surface area contributed by atoms with E-state index in [1.807, 2.05) is 13.8 Å². The van der Waals surface area contributed by atoms with E-state index in [0.29, 0.717) is 23.8 Å². The van der Waals surface area contributed by atoms with Crippen LogP contribution in [0.2, 0.25) is 0 Å². The summed E-state index contributed by atoms with van der Waals surface area (Å²) in [5.74, 6) is -0.302. The summed E-state index contributed by atoms with van der Waals surface area (Å²) in [6, 6.07) is 11.9. The molecule has 26 heavy (non-hydrogen) atoms. The fraction of sp³-hybridized carbons (Fsp3) is 0.222. The molecule has 0 radical (unpaired) electrons. The molecule has 0 heterocycles. The Morgan fingerprint density at radius 3 is 2.27 bits per heavy atom. The van der Waals surface area contributed by atoms with Gasteiger partial charge in [0, 0.05) is 11.6 Å². The summed E-state index contributed by atoms with van der Waals surface area (Å²) in [6.07, 6.45) is 0. The molecule has 0 bridgehead atoms. The van der Waals surface area contributed by atoms with Crippen LogP contribution in [-0.2, 0) is 0 Å².